The molecule has 0 aliphatic carbocycles. The van der Waals surface area contributed by atoms with E-state index in [1.54, 1.807) is 0 Å². The van der Waals surface area contributed by atoms with Gasteiger partial charge in [0.15, 0.2) is 0 Å². The molecule has 0 aromatic carbocycles. The first-order valence-corrected chi connectivity index (χ1v) is 7.32. The second-order valence-corrected chi connectivity index (χ2v) is 5.61. The highest BCUT2D eigenvalue weighted by Gasteiger charge is 2.12. The topological polar surface area (TPSA) is 42.7 Å². The van der Waals surface area contributed by atoms with Crippen molar-refractivity contribution in [2.75, 3.05) is 0 Å². The molecule has 19 heavy (non-hydrogen) atoms. The van der Waals surface area contributed by atoms with Crippen molar-refractivity contribution < 1.29 is 0 Å². The normalized spacial score (nSPS) is 14.3. The van der Waals surface area contributed by atoms with Crippen molar-refractivity contribution in [1.29, 1.82) is 0 Å². The third-order valence-electron chi connectivity index (χ3n) is 3.07. The zero-order chi connectivity index (χ0) is 13.7. The Bertz CT molecular complexity index is 497. The highest BCUT2D eigenvalue weighted by molar-refractivity contribution is 9.10. The summed E-state index contributed by atoms with van der Waals surface area (Å²) >= 11 is 3.41. The van der Waals surface area contributed by atoms with Crippen molar-refractivity contribution in [3.05, 3.63) is 47.0 Å². The Labute approximate surface area is 122 Å². The van der Waals surface area contributed by atoms with Crippen molar-refractivity contribution in [2.45, 2.75) is 38.9 Å². The van der Waals surface area contributed by atoms with Crippen molar-refractivity contribution >= 4 is 15.9 Å². The second kappa shape index (κ2) is 6.82. The Morgan fingerprint density at radius 2 is 2.11 bits per heavy atom. The molecular formula is C14H19BrN4. The van der Waals surface area contributed by atoms with Crippen LogP contribution in [0.5, 0.6) is 0 Å². The van der Waals surface area contributed by atoms with Crippen LogP contribution < -0.4 is 5.32 Å². The highest BCUT2D eigenvalue weighted by Crippen LogP contribution is 2.16. The van der Waals surface area contributed by atoms with Gasteiger partial charge < -0.3 is 5.32 Å². The van der Waals surface area contributed by atoms with Crippen molar-refractivity contribution in [3.8, 4) is 0 Å². The van der Waals surface area contributed by atoms with E-state index in [-0.39, 0.29) is 0 Å². The summed E-state index contributed by atoms with van der Waals surface area (Å²) in [6.45, 7) is 5.22. The van der Waals surface area contributed by atoms with Gasteiger partial charge in [0.1, 0.15) is 0 Å². The Kier molecular flexibility index (Phi) is 5.10. The smallest absolute Gasteiger partial charge is 0.0632 e. The Morgan fingerprint density at radius 3 is 2.68 bits per heavy atom. The molecule has 0 bridgehead atoms. The van der Waals surface area contributed by atoms with Gasteiger partial charge in [-0.15, -0.1) is 0 Å². The molecule has 1 N–H and O–H groups in total. The van der Waals surface area contributed by atoms with Crippen LogP contribution in [0.3, 0.4) is 0 Å². The van der Waals surface area contributed by atoms with Gasteiger partial charge in [0.2, 0.25) is 0 Å². The van der Waals surface area contributed by atoms with Crippen LogP contribution in [0.4, 0.5) is 0 Å². The van der Waals surface area contributed by atoms with Crippen LogP contribution in [0.25, 0.3) is 0 Å². The molecule has 0 spiro atoms. The number of nitrogens with zero attached hydrogens (tertiary/aromatic N) is 3. The summed E-state index contributed by atoms with van der Waals surface area (Å²) < 4.78 is 2.96. The van der Waals surface area contributed by atoms with Crippen LogP contribution in [0.2, 0.25) is 0 Å². The van der Waals surface area contributed by atoms with Crippen molar-refractivity contribution in [1.82, 2.24) is 20.1 Å². The predicted octanol–water partition coefficient (Wildman–Crippen LogP) is 3.17. The van der Waals surface area contributed by atoms with Gasteiger partial charge in [-0.3, -0.25) is 9.67 Å². The molecule has 0 aliphatic rings. The SMILES string of the molecule is CCC(NC(C)Cn1cc(Br)cn1)c1ccncc1. The molecule has 2 aromatic heterocycles. The molecule has 0 radical (unpaired) electrons. The fourth-order valence-electron chi connectivity index (χ4n) is 2.16. The average molecular weight is 323 g/mol. The fourth-order valence-corrected chi connectivity index (χ4v) is 2.49. The molecule has 0 amide bonds. The van der Waals surface area contributed by atoms with Crippen molar-refractivity contribution in [3.63, 3.8) is 0 Å². The van der Waals surface area contributed by atoms with Gasteiger partial charge in [0.05, 0.1) is 17.2 Å². The monoisotopic (exact) mass is 322 g/mol. The maximum Gasteiger partial charge on any atom is 0.0632 e. The standard InChI is InChI=1S/C14H19BrN4/c1-3-14(12-4-6-16-7-5-12)18-11(2)9-19-10-13(15)8-17-19/h4-8,10-11,14,18H,3,9H2,1-2H3. The quantitative estimate of drug-likeness (QED) is 0.888. The lowest BCUT2D eigenvalue weighted by Crippen LogP contribution is -2.33. The number of pyridine rings is 1. The Balaban J connectivity index is 1.95. The van der Waals surface area contributed by atoms with E-state index >= 15 is 0 Å². The van der Waals surface area contributed by atoms with Crippen LogP contribution in [-0.2, 0) is 6.54 Å². The average Bonchev–Trinajstić information content (AvgIpc) is 2.82. The van der Waals surface area contributed by atoms with E-state index in [0.29, 0.717) is 12.1 Å². The third-order valence-corrected chi connectivity index (χ3v) is 3.47. The van der Waals surface area contributed by atoms with E-state index in [1.165, 1.54) is 5.56 Å². The highest BCUT2D eigenvalue weighted by atomic mass is 79.9. The number of rotatable bonds is 6. The number of nitrogens with one attached hydrogen (secondary N) is 1. The van der Waals surface area contributed by atoms with E-state index in [1.807, 2.05) is 29.5 Å². The van der Waals surface area contributed by atoms with Gasteiger partial charge in [0.25, 0.3) is 0 Å². The van der Waals surface area contributed by atoms with Gasteiger partial charge in [0, 0.05) is 30.7 Å². The second-order valence-electron chi connectivity index (χ2n) is 4.69. The molecule has 0 saturated carbocycles. The first-order chi connectivity index (χ1) is 9.19. The van der Waals surface area contributed by atoms with E-state index in [0.717, 1.165) is 17.4 Å². The van der Waals surface area contributed by atoms with Crippen LogP contribution in [0, 0.1) is 0 Å². The molecule has 4 nitrogen and oxygen atoms in total. The van der Waals surface area contributed by atoms with Crippen LogP contribution in [0.15, 0.2) is 41.4 Å². The molecular weight excluding hydrogens is 304 g/mol. The lowest BCUT2D eigenvalue weighted by molar-refractivity contribution is 0.393. The number of halogens is 1. The summed E-state index contributed by atoms with van der Waals surface area (Å²) in [5, 5.41) is 7.92. The van der Waals surface area contributed by atoms with Crippen LogP contribution in [-0.4, -0.2) is 20.8 Å². The van der Waals surface area contributed by atoms with Gasteiger partial charge in [-0.25, -0.2) is 0 Å². The van der Waals surface area contributed by atoms with E-state index < -0.39 is 0 Å². The minimum absolute atomic E-state index is 0.352. The zero-order valence-corrected chi connectivity index (χ0v) is 12.8. The summed E-state index contributed by atoms with van der Waals surface area (Å²) in [5.74, 6) is 0. The van der Waals surface area contributed by atoms with Crippen LogP contribution in [0.1, 0.15) is 31.9 Å². The largest absolute Gasteiger partial charge is 0.306 e. The molecule has 0 saturated heterocycles. The van der Waals surface area contributed by atoms with Crippen molar-refractivity contribution in [2.24, 2.45) is 0 Å². The lowest BCUT2D eigenvalue weighted by atomic mass is 10.1. The molecule has 2 heterocycles. The number of hydrogen-bond acceptors (Lipinski definition) is 3. The lowest BCUT2D eigenvalue weighted by Gasteiger charge is -2.22. The summed E-state index contributed by atoms with van der Waals surface area (Å²) in [4.78, 5) is 4.06. The number of hydrogen-bond donors (Lipinski definition) is 1. The maximum absolute atomic E-state index is 4.28. The minimum Gasteiger partial charge on any atom is -0.306 e. The summed E-state index contributed by atoms with van der Waals surface area (Å²) in [6.07, 6.45) is 8.54. The fraction of sp³-hybridized carbons (Fsp3) is 0.429. The zero-order valence-electron chi connectivity index (χ0n) is 11.3. The number of aromatic nitrogens is 3. The molecule has 0 aliphatic heterocycles. The minimum atomic E-state index is 0.352. The molecule has 102 valence electrons. The maximum atomic E-state index is 4.28. The van der Waals surface area contributed by atoms with Gasteiger partial charge in [-0.1, -0.05) is 6.92 Å². The van der Waals surface area contributed by atoms with Gasteiger partial charge in [-0.05, 0) is 47.0 Å². The third kappa shape index (κ3) is 4.14. The summed E-state index contributed by atoms with van der Waals surface area (Å²) in [7, 11) is 0. The van der Waals surface area contributed by atoms with Gasteiger partial charge in [-0.2, -0.15) is 5.10 Å². The Hall–Kier alpha value is -1.20. The molecule has 2 rings (SSSR count). The first-order valence-electron chi connectivity index (χ1n) is 6.53. The molecule has 2 atom stereocenters. The Morgan fingerprint density at radius 1 is 1.37 bits per heavy atom. The van der Waals surface area contributed by atoms with E-state index in [9.17, 15) is 0 Å². The summed E-state index contributed by atoms with van der Waals surface area (Å²) in [6, 6.07) is 4.85. The van der Waals surface area contributed by atoms with E-state index in [2.05, 4.69) is 57.3 Å². The molecule has 5 heteroatoms. The molecule has 2 unspecified atom stereocenters. The molecule has 2 aromatic rings. The van der Waals surface area contributed by atoms with Gasteiger partial charge >= 0.3 is 0 Å². The molecule has 0 fully saturated rings. The predicted molar refractivity (Wildman–Crippen MR) is 79.8 cm³/mol. The van der Waals surface area contributed by atoms with Crippen LogP contribution >= 0.6 is 15.9 Å². The first kappa shape index (κ1) is 14.2. The van der Waals surface area contributed by atoms with E-state index in [4.69, 9.17) is 0 Å². The summed E-state index contributed by atoms with van der Waals surface area (Å²) in [5.41, 5.74) is 1.28.